The van der Waals surface area contributed by atoms with Crippen LogP contribution in [0.3, 0.4) is 0 Å². The van der Waals surface area contributed by atoms with E-state index >= 15 is 0 Å². The summed E-state index contributed by atoms with van der Waals surface area (Å²) in [5.74, 6) is 2.88. The molecule has 2 N–H and O–H groups in total. The first-order valence-corrected chi connectivity index (χ1v) is 8.88. The molecule has 0 bridgehead atoms. The fourth-order valence-electron chi connectivity index (χ4n) is 2.79. The van der Waals surface area contributed by atoms with Gasteiger partial charge in [-0.2, -0.15) is 0 Å². The van der Waals surface area contributed by atoms with Crippen molar-refractivity contribution < 1.29 is 19.0 Å². The molecule has 1 fully saturated rings. The molecule has 6 heteroatoms. The van der Waals surface area contributed by atoms with E-state index in [1.165, 1.54) is 12.8 Å². The molecule has 1 aliphatic carbocycles. The van der Waals surface area contributed by atoms with Gasteiger partial charge in [-0.25, -0.2) is 0 Å². The van der Waals surface area contributed by atoms with E-state index in [0.717, 1.165) is 29.5 Å². The van der Waals surface area contributed by atoms with Crippen LogP contribution in [0.4, 0.5) is 5.69 Å². The van der Waals surface area contributed by atoms with E-state index in [2.05, 4.69) is 10.6 Å². The van der Waals surface area contributed by atoms with Gasteiger partial charge in [-0.1, -0.05) is 12.1 Å². The molecule has 6 nitrogen and oxygen atoms in total. The molecule has 26 heavy (non-hydrogen) atoms. The molecule has 4 rings (SSSR count). The van der Waals surface area contributed by atoms with E-state index in [4.69, 9.17) is 14.2 Å². The summed E-state index contributed by atoms with van der Waals surface area (Å²) in [5.41, 5.74) is 1.75. The minimum atomic E-state index is -0.0283. The van der Waals surface area contributed by atoms with Crippen molar-refractivity contribution >= 4 is 11.6 Å². The van der Waals surface area contributed by atoms with Crippen LogP contribution >= 0.6 is 0 Å². The van der Waals surface area contributed by atoms with E-state index < -0.39 is 0 Å². The van der Waals surface area contributed by atoms with Crippen molar-refractivity contribution in [1.82, 2.24) is 5.32 Å². The summed E-state index contributed by atoms with van der Waals surface area (Å²) in [7, 11) is 0. The molecule has 0 aromatic heterocycles. The molecule has 1 heterocycles. The van der Waals surface area contributed by atoms with Gasteiger partial charge >= 0.3 is 0 Å². The Hall–Kier alpha value is -2.73. The Balaban J connectivity index is 1.28. The van der Waals surface area contributed by atoms with Gasteiger partial charge in [0.2, 0.25) is 12.7 Å². The molecule has 1 saturated carbocycles. The summed E-state index contributed by atoms with van der Waals surface area (Å²) in [6.45, 7) is 1.92. The number of hydrogen-bond donors (Lipinski definition) is 2. The zero-order valence-electron chi connectivity index (χ0n) is 14.5. The first-order chi connectivity index (χ1) is 12.8. The predicted octanol–water partition coefficient (Wildman–Crippen LogP) is 2.93. The SMILES string of the molecule is O=C(CNCC1CC1)Nc1cccc(COc2ccc3c(c2)OCO3)c1. The van der Waals surface area contributed by atoms with Crippen LogP contribution in [0, 0.1) is 5.92 Å². The van der Waals surface area contributed by atoms with E-state index in [1.807, 2.05) is 42.5 Å². The number of benzene rings is 2. The fraction of sp³-hybridized carbons (Fsp3) is 0.350. The maximum atomic E-state index is 12.0. The molecule has 2 aromatic carbocycles. The van der Waals surface area contributed by atoms with Crippen molar-refractivity contribution in [2.24, 2.45) is 5.92 Å². The number of hydrogen-bond acceptors (Lipinski definition) is 5. The molecule has 2 aliphatic rings. The summed E-state index contributed by atoms with van der Waals surface area (Å²) in [4.78, 5) is 12.0. The zero-order chi connectivity index (χ0) is 17.8. The Morgan fingerprint density at radius 3 is 2.88 bits per heavy atom. The highest BCUT2D eigenvalue weighted by atomic mass is 16.7. The van der Waals surface area contributed by atoms with Gasteiger partial charge in [0, 0.05) is 11.8 Å². The lowest BCUT2D eigenvalue weighted by atomic mass is 10.2. The Morgan fingerprint density at radius 1 is 1.12 bits per heavy atom. The van der Waals surface area contributed by atoms with Gasteiger partial charge in [-0.15, -0.1) is 0 Å². The number of nitrogens with one attached hydrogen (secondary N) is 2. The fourth-order valence-corrected chi connectivity index (χ4v) is 2.79. The minimum Gasteiger partial charge on any atom is -0.489 e. The highest BCUT2D eigenvalue weighted by molar-refractivity contribution is 5.92. The van der Waals surface area contributed by atoms with Crippen LogP contribution < -0.4 is 24.8 Å². The van der Waals surface area contributed by atoms with E-state index in [9.17, 15) is 4.79 Å². The molecule has 136 valence electrons. The van der Waals surface area contributed by atoms with Crippen molar-refractivity contribution in [2.75, 3.05) is 25.2 Å². The van der Waals surface area contributed by atoms with Gasteiger partial charge in [-0.3, -0.25) is 4.79 Å². The van der Waals surface area contributed by atoms with Crippen LogP contribution in [0.1, 0.15) is 18.4 Å². The Labute approximate surface area is 152 Å². The number of amides is 1. The average Bonchev–Trinajstić information content (AvgIpc) is 3.35. The first kappa shape index (κ1) is 16.7. The number of rotatable bonds is 8. The molecular formula is C20H22N2O4. The molecule has 0 spiro atoms. The summed E-state index contributed by atoms with van der Waals surface area (Å²) in [6.07, 6.45) is 2.56. The highest BCUT2D eigenvalue weighted by Gasteiger charge is 2.20. The molecule has 0 atom stereocenters. The maximum Gasteiger partial charge on any atom is 0.238 e. The molecule has 1 aliphatic heterocycles. The Kier molecular flexibility index (Phi) is 4.93. The van der Waals surface area contributed by atoms with Gasteiger partial charge in [0.1, 0.15) is 12.4 Å². The third-order valence-electron chi connectivity index (χ3n) is 4.38. The van der Waals surface area contributed by atoms with E-state index in [1.54, 1.807) is 0 Å². The maximum absolute atomic E-state index is 12.0. The van der Waals surface area contributed by atoms with Crippen LogP contribution in [0.5, 0.6) is 17.2 Å². The first-order valence-electron chi connectivity index (χ1n) is 8.88. The summed E-state index contributed by atoms with van der Waals surface area (Å²) in [6, 6.07) is 13.2. The Morgan fingerprint density at radius 2 is 2.00 bits per heavy atom. The molecule has 0 unspecified atom stereocenters. The minimum absolute atomic E-state index is 0.0283. The van der Waals surface area contributed by atoms with Gasteiger partial charge < -0.3 is 24.8 Å². The quantitative estimate of drug-likeness (QED) is 0.763. The third-order valence-corrected chi connectivity index (χ3v) is 4.38. The third kappa shape index (κ3) is 4.46. The van der Waals surface area contributed by atoms with Gasteiger partial charge in [0.15, 0.2) is 11.5 Å². The van der Waals surface area contributed by atoms with Crippen molar-refractivity contribution in [3.05, 3.63) is 48.0 Å². The number of anilines is 1. The number of ether oxygens (including phenoxy) is 3. The summed E-state index contributed by atoms with van der Waals surface area (Å²) < 4.78 is 16.5. The molecule has 1 amide bonds. The van der Waals surface area contributed by atoms with Crippen LogP contribution in [-0.4, -0.2) is 25.8 Å². The lowest BCUT2D eigenvalue weighted by Crippen LogP contribution is -2.29. The van der Waals surface area contributed by atoms with Crippen LogP contribution in [-0.2, 0) is 11.4 Å². The average molecular weight is 354 g/mol. The molecule has 2 aromatic rings. The number of carbonyl (C=O) groups excluding carboxylic acids is 1. The standard InChI is InChI=1S/C20H22N2O4/c23-20(11-21-10-14-4-5-14)22-16-3-1-2-15(8-16)12-24-17-6-7-18-19(9-17)26-13-25-18/h1-3,6-9,14,21H,4-5,10-13H2,(H,22,23). The Bertz CT molecular complexity index is 789. The van der Waals surface area contributed by atoms with Crippen molar-refractivity contribution in [1.29, 1.82) is 0 Å². The second-order valence-electron chi connectivity index (χ2n) is 6.63. The number of carbonyl (C=O) groups is 1. The van der Waals surface area contributed by atoms with Crippen LogP contribution in [0.25, 0.3) is 0 Å². The van der Waals surface area contributed by atoms with Crippen molar-refractivity contribution in [2.45, 2.75) is 19.4 Å². The lowest BCUT2D eigenvalue weighted by molar-refractivity contribution is -0.115. The normalized spacial score (nSPS) is 14.9. The van der Waals surface area contributed by atoms with Crippen molar-refractivity contribution in [3.63, 3.8) is 0 Å². The number of fused-ring (bicyclic) bond motifs is 1. The topological polar surface area (TPSA) is 68.8 Å². The van der Waals surface area contributed by atoms with Gasteiger partial charge in [0.05, 0.1) is 6.54 Å². The van der Waals surface area contributed by atoms with Crippen LogP contribution in [0.15, 0.2) is 42.5 Å². The van der Waals surface area contributed by atoms with Gasteiger partial charge in [0.25, 0.3) is 0 Å². The smallest absolute Gasteiger partial charge is 0.238 e. The zero-order valence-corrected chi connectivity index (χ0v) is 14.5. The lowest BCUT2D eigenvalue weighted by Gasteiger charge is -2.10. The van der Waals surface area contributed by atoms with E-state index in [-0.39, 0.29) is 12.7 Å². The summed E-state index contributed by atoms with van der Waals surface area (Å²) in [5, 5.41) is 6.11. The van der Waals surface area contributed by atoms with Gasteiger partial charge in [-0.05, 0) is 55.1 Å². The predicted molar refractivity (Wildman–Crippen MR) is 97.6 cm³/mol. The molecular weight excluding hydrogens is 332 g/mol. The second kappa shape index (κ2) is 7.66. The largest absolute Gasteiger partial charge is 0.489 e. The summed E-state index contributed by atoms with van der Waals surface area (Å²) >= 11 is 0. The second-order valence-corrected chi connectivity index (χ2v) is 6.63. The molecule has 0 radical (unpaired) electrons. The molecule has 0 saturated heterocycles. The van der Waals surface area contributed by atoms with Crippen LogP contribution in [0.2, 0.25) is 0 Å². The van der Waals surface area contributed by atoms with E-state index in [0.29, 0.717) is 24.7 Å². The highest BCUT2D eigenvalue weighted by Crippen LogP contribution is 2.35. The van der Waals surface area contributed by atoms with Crippen molar-refractivity contribution in [3.8, 4) is 17.2 Å². The monoisotopic (exact) mass is 354 g/mol.